The van der Waals surface area contributed by atoms with E-state index in [2.05, 4.69) is 33.1 Å². The zero-order valence-corrected chi connectivity index (χ0v) is 16.6. The second-order valence-corrected chi connectivity index (χ2v) is 8.44. The molecular formula is C20H34N6. The average molecular weight is 359 g/mol. The normalized spacial score (nSPS) is 29.2. The third-order valence-corrected chi connectivity index (χ3v) is 6.44. The van der Waals surface area contributed by atoms with Crippen molar-refractivity contribution in [3.05, 3.63) is 11.8 Å². The van der Waals surface area contributed by atoms with Gasteiger partial charge in [-0.25, -0.2) is 4.98 Å². The molecule has 0 radical (unpaired) electrons. The number of nitrogens with one attached hydrogen (secondary N) is 1. The molecule has 5 rings (SSSR count). The van der Waals surface area contributed by atoms with Gasteiger partial charge in [0.25, 0.3) is 0 Å². The van der Waals surface area contributed by atoms with Gasteiger partial charge in [0, 0.05) is 57.6 Å². The van der Waals surface area contributed by atoms with Crippen LogP contribution in [0.1, 0.15) is 38.3 Å². The van der Waals surface area contributed by atoms with E-state index in [1.54, 1.807) is 0 Å². The molecule has 5 heterocycles. The maximum absolute atomic E-state index is 4.79. The van der Waals surface area contributed by atoms with Crippen molar-refractivity contribution < 1.29 is 0 Å². The van der Waals surface area contributed by atoms with Crippen molar-refractivity contribution in [1.82, 2.24) is 20.2 Å². The lowest BCUT2D eigenvalue weighted by atomic mass is 9.83. The summed E-state index contributed by atoms with van der Waals surface area (Å²) in [4.78, 5) is 16.5. The number of fused-ring (bicyclic) bond motifs is 3. The van der Waals surface area contributed by atoms with Gasteiger partial charge in [-0.1, -0.05) is 6.92 Å². The van der Waals surface area contributed by atoms with Gasteiger partial charge in [-0.2, -0.15) is 4.98 Å². The molecule has 0 aliphatic carbocycles. The quantitative estimate of drug-likeness (QED) is 0.865. The summed E-state index contributed by atoms with van der Waals surface area (Å²) in [6.07, 6.45) is 6.17. The summed E-state index contributed by atoms with van der Waals surface area (Å²) in [5, 5.41) is 4.00. The smallest absolute Gasteiger partial charge is 0.227 e. The Balaban J connectivity index is 1.35. The zero-order chi connectivity index (χ0) is 18.1. The van der Waals surface area contributed by atoms with Crippen LogP contribution in [-0.4, -0.2) is 73.8 Å². The summed E-state index contributed by atoms with van der Waals surface area (Å²) in [7, 11) is 4.03. The molecule has 1 N–H and O–H groups in total. The maximum atomic E-state index is 4.79. The topological polar surface area (TPSA) is 47.5 Å². The second-order valence-electron chi connectivity index (χ2n) is 8.44. The van der Waals surface area contributed by atoms with Gasteiger partial charge in [-0.3, -0.25) is 0 Å². The number of anilines is 2. The zero-order valence-electron chi connectivity index (χ0n) is 16.6. The van der Waals surface area contributed by atoms with Gasteiger partial charge in [0.1, 0.15) is 5.82 Å². The third-order valence-electron chi connectivity index (χ3n) is 6.44. The standard InChI is InChI=1S/C20H34N6/c1-4-16-13-19(23-20(22-16)24(2)3)26-11-7-17(8-12-26)21-18-14-25-9-5-15(18)6-10-25/h13,15,17-18,21H,4-12,14H2,1-3H3/t18-/m1/s1. The van der Waals surface area contributed by atoms with E-state index in [0.29, 0.717) is 6.04 Å². The Bertz CT molecular complexity index is 602. The van der Waals surface area contributed by atoms with E-state index in [0.717, 1.165) is 48.9 Å². The lowest BCUT2D eigenvalue weighted by Gasteiger charge is -2.47. The molecule has 4 fully saturated rings. The molecule has 1 aromatic rings. The Kier molecular flexibility index (Phi) is 5.32. The van der Waals surface area contributed by atoms with E-state index < -0.39 is 0 Å². The predicted octanol–water partition coefficient (Wildman–Crippen LogP) is 1.76. The van der Waals surface area contributed by atoms with E-state index in [1.165, 1.54) is 45.3 Å². The van der Waals surface area contributed by atoms with Crippen molar-refractivity contribution in [2.24, 2.45) is 5.92 Å². The first-order valence-corrected chi connectivity index (χ1v) is 10.4. The van der Waals surface area contributed by atoms with Crippen molar-refractivity contribution in [3.63, 3.8) is 0 Å². The summed E-state index contributed by atoms with van der Waals surface area (Å²) >= 11 is 0. The fourth-order valence-electron chi connectivity index (χ4n) is 4.74. The Morgan fingerprint density at radius 2 is 1.81 bits per heavy atom. The van der Waals surface area contributed by atoms with Crippen molar-refractivity contribution in [2.45, 2.75) is 51.1 Å². The first kappa shape index (κ1) is 18.0. The van der Waals surface area contributed by atoms with Crippen LogP contribution in [0.25, 0.3) is 0 Å². The Morgan fingerprint density at radius 3 is 2.38 bits per heavy atom. The fourth-order valence-corrected chi connectivity index (χ4v) is 4.74. The summed E-state index contributed by atoms with van der Waals surface area (Å²) in [5.74, 6) is 2.84. The summed E-state index contributed by atoms with van der Waals surface area (Å²) in [5.41, 5.74) is 1.13. The van der Waals surface area contributed by atoms with Crippen LogP contribution in [-0.2, 0) is 6.42 Å². The Morgan fingerprint density at radius 1 is 1.08 bits per heavy atom. The minimum absolute atomic E-state index is 0.664. The summed E-state index contributed by atoms with van der Waals surface area (Å²) in [6.45, 7) is 8.25. The third kappa shape index (κ3) is 3.81. The monoisotopic (exact) mass is 358 g/mol. The molecular weight excluding hydrogens is 324 g/mol. The summed E-state index contributed by atoms with van der Waals surface area (Å²) < 4.78 is 0. The highest BCUT2D eigenvalue weighted by atomic mass is 15.3. The van der Waals surface area contributed by atoms with Crippen molar-refractivity contribution in [3.8, 4) is 0 Å². The van der Waals surface area contributed by atoms with Crippen LogP contribution in [0, 0.1) is 5.92 Å². The van der Waals surface area contributed by atoms with Gasteiger partial charge in [-0.05, 0) is 51.1 Å². The van der Waals surface area contributed by atoms with Crippen molar-refractivity contribution in [2.75, 3.05) is 56.6 Å². The molecule has 0 amide bonds. The number of rotatable bonds is 5. The van der Waals surface area contributed by atoms with Gasteiger partial charge < -0.3 is 20.0 Å². The van der Waals surface area contributed by atoms with Gasteiger partial charge in [-0.15, -0.1) is 0 Å². The highest BCUT2D eigenvalue weighted by Gasteiger charge is 2.35. The van der Waals surface area contributed by atoms with E-state index in [-0.39, 0.29) is 0 Å². The molecule has 144 valence electrons. The van der Waals surface area contributed by atoms with E-state index >= 15 is 0 Å². The Labute approximate surface area is 158 Å². The van der Waals surface area contributed by atoms with Gasteiger partial charge in [0.2, 0.25) is 5.95 Å². The molecule has 26 heavy (non-hydrogen) atoms. The minimum atomic E-state index is 0.664. The molecule has 0 saturated carbocycles. The number of nitrogens with zero attached hydrogens (tertiary/aromatic N) is 5. The number of aryl methyl sites for hydroxylation is 1. The molecule has 6 nitrogen and oxygen atoms in total. The van der Waals surface area contributed by atoms with Crippen LogP contribution < -0.4 is 15.1 Å². The average Bonchev–Trinajstić information content (AvgIpc) is 2.69. The molecule has 4 aliphatic rings. The van der Waals surface area contributed by atoms with Crippen LogP contribution in [0.2, 0.25) is 0 Å². The molecule has 4 saturated heterocycles. The predicted molar refractivity (Wildman–Crippen MR) is 107 cm³/mol. The highest BCUT2D eigenvalue weighted by molar-refractivity contribution is 5.46. The van der Waals surface area contributed by atoms with Crippen LogP contribution in [0.3, 0.4) is 0 Å². The molecule has 2 bridgehead atoms. The van der Waals surface area contributed by atoms with E-state index in [1.807, 2.05) is 19.0 Å². The van der Waals surface area contributed by atoms with Crippen LogP contribution in [0.5, 0.6) is 0 Å². The van der Waals surface area contributed by atoms with Crippen molar-refractivity contribution >= 4 is 11.8 Å². The SMILES string of the molecule is CCc1cc(N2CCC(N[C@@H]3CN4CCC3CC4)CC2)nc(N(C)C)n1. The molecule has 6 heteroatoms. The lowest BCUT2D eigenvalue weighted by Crippen LogP contribution is -2.59. The number of piperidine rings is 4. The van der Waals surface area contributed by atoms with Gasteiger partial charge in [0.05, 0.1) is 0 Å². The minimum Gasteiger partial charge on any atom is -0.356 e. The van der Waals surface area contributed by atoms with E-state index in [4.69, 9.17) is 4.98 Å². The number of hydrogen-bond acceptors (Lipinski definition) is 6. The van der Waals surface area contributed by atoms with Crippen LogP contribution >= 0.6 is 0 Å². The number of aromatic nitrogens is 2. The Hall–Kier alpha value is -1.40. The molecule has 0 unspecified atom stereocenters. The van der Waals surface area contributed by atoms with Crippen molar-refractivity contribution in [1.29, 1.82) is 0 Å². The largest absolute Gasteiger partial charge is 0.356 e. The fraction of sp³-hybridized carbons (Fsp3) is 0.800. The molecule has 4 aliphatic heterocycles. The van der Waals surface area contributed by atoms with E-state index in [9.17, 15) is 0 Å². The van der Waals surface area contributed by atoms with Gasteiger partial charge >= 0.3 is 0 Å². The van der Waals surface area contributed by atoms with Crippen LogP contribution in [0.15, 0.2) is 6.07 Å². The first-order valence-electron chi connectivity index (χ1n) is 10.4. The molecule has 1 aromatic heterocycles. The molecule has 1 atom stereocenters. The van der Waals surface area contributed by atoms with Gasteiger partial charge in [0.15, 0.2) is 0 Å². The maximum Gasteiger partial charge on any atom is 0.227 e. The first-order chi connectivity index (χ1) is 12.6. The highest BCUT2D eigenvalue weighted by Crippen LogP contribution is 2.29. The number of hydrogen-bond donors (Lipinski definition) is 1. The summed E-state index contributed by atoms with van der Waals surface area (Å²) in [6, 6.07) is 3.56. The second kappa shape index (κ2) is 7.69. The van der Waals surface area contributed by atoms with Crippen LogP contribution in [0.4, 0.5) is 11.8 Å². The lowest BCUT2D eigenvalue weighted by molar-refractivity contribution is 0.0652. The molecule has 0 spiro atoms. The molecule has 0 aromatic carbocycles.